The third-order valence-corrected chi connectivity index (χ3v) is 4.05. The van der Waals surface area contributed by atoms with Crippen LogP contribution in [0.25, 0.3) is 0 Å². The number of nitrogens with zero attached hydrogens (tertiary/aromatic N) is 2. The zero-order chi connectivity index (χ0) is 19.5. The Kier molecular flexibility index (Phi) is 8.16. The summed E-state index contributed by atoms with van der Waals surface area (Å²) in [5.41, 5.74) is 2.24. The van der Waals surface area contributed by atoms with Crippen LogP contribution in [0.1, 0.15) is 11.1 Å². The lowest BCUT2D eigenvalue weighted by Gasteiger charge is -2.15. The van der Waals surface area contributed by atoms with Crippen LogP contribution in [0.4, 0.5) is 0 Å². The van der Waals surface area contributed by atoms with Crippen LogP contribution in [-0.2, 0) is 17.8 Å². The van der Waals surface area contributed by atoms with Gasteiger partial charge in [0.05, 0.1) is 20.2 Å². The molecule has 2 aromatic rings. The summed E-state index contributed by atoms with van der Waals surface area (Å²) in [4.78, 5) is 18.0. The maximum atomic E-state index is 11.9. The van der Waals surface area contributed by atoms with Crippen molar-refractivity contribution in [3.05, 3.63) is 65.7 Å². The van der Waals surface area contributed by atoms with Gasteiger partial charge in [-0.15, -0.1) is 0 Å². The van der Waals surface area contributed by atoms with Crippen LogP contribution in [-0.4, -0.2) is 51.1 Å². The van der Waals surface area contributed by atoms with Gasteiger partial charge < -0.3 is 20.3 Å². The number of nitrogens with one attached hydrogen (secondary N) is 2. The highest BCUT2D eigenvalue weighted by Gasteiger charge is 2.07. The lowest BCUT2D eigenvalue weighted by atomic mass is 10.1. The molecule has 0 saturated carbocycles. The number of aliphatic imine (C=N–C) groups is 1. The van der Waals surface area contributed by atoms with Gasteiger partial charge in [-0.2, -0.15) is 0 Å². The number of methoxy groups -OCH3 is 1. The summed E-state index contributed by atoms with van der Waals surface area (Å²) in [6.07, 6.45) is 0.873. The standard InChI is InChI=1S/C21H28N4O2/c1-25(2)20(26)16-24-21(22-14-13-17-9-5-4-6-10-17)23-15-18-11-7-8-12-19(18)27-3/h4-12H,13-16H2,1-3H3,(H2,22,23,24). The molecule has 0 aliphatic carbocycles. The van der Waals surface area contributed by atoms with Crippen LogP contribution in [0.15, 0.2) is 59.6 Å². The van der Waals surface area contributed by atoms with E-state index in [1.54, 1.807) is 26.1 Å². The van der Waals surface area contributed by atoms with Crippen molar-refractivity contribution in [2.24, 2.45) is 4.99 Å². The summed E-state index contributed by atoms with van der Waals surface area (Å²) in [5.74, 6) is 1.39. The minimum absolute atomic E-state index is 0.00940. The third-order valence-electron chi connectivity index (χ3n) is 4.05. The van der Waals surface area contributed by atoms with Crippen molar-refractivity contribution < 1.29 is 9.53 Å². The Bertz CT molecular complexity index is 745. The summed E-state index contributed by atoms with van der Waals surface area (Å²) in [6.45, 7) is 1.37. The highest BCUT2D eigenvalue weighted by molar-refractivity contribution is 5.86. The van der Waals surface area contributed by atoms with E-state index in [2.05, 4.69) is 27.8 Å². The zero-order valence-corrected chi connectivity index (χ0v) is 16.2. The molecule has 144 valence electrons. The fraction of sp³-hybridized carbons (Fsp3) is 0.333. The first kappa shape index (κ1) is 20.3. The molecule has 0 atom stereocenters. The van der Waals surface area contributed by atoms with Crippen LogP contribution in [0.3, 0.4) is 0 Å². The van der Waals surface area contributed by atoms with Crippen LogP contribution in [0.5, 0.6) is 5.75 Å². The van der Waals surface area contributed by atoms with Gasteiger partial charge in [0.2, 0.25) is 5.91 Å². The van der Waals surface area contributed by atoms with E-state index < -0.39 is 0 Å². The zero-order valence-electron chi connectivity index (χ0n) is 16.2. The fourth-order valence-electron chi connectivity index (χ4n) is 2.46. The number of guanidine groups is 1. The number of rotatable bonds is 8. The molecular weight excluding hydrogens is 340 g/mol. The molecule has 27 heavy (non-hydrogen) atoms. The smallest absolute Gasteiger partial charge is 0.241 e. The maximum Gasteiger partial charge on any atom is 0.241 e. The summed E-state index contributed by atoms with van der Waals surface area (Å²) in [5, 5.41) is 6.40. The van der Waals surface area contributed by atoms with Crippen molar-refractivity contribution in [2.45, 2.75) is 13.0 Å². The van der Waals surface area contributed by atoms with E-state index in [-0.39, 0.29) is 12.5 Å². The number of hydrogen-bond acceptors (Lipinski definition) is 3. The Hall–Kier alpha value is -3.02. The van der Waals surface area contributed by atoms with E-state index in [0.717, 1.165) is 24.3 Å². The Morgan fingerprint density at radius 2 is 1.74 bits per heavy atom. The number of likely N-dealkylation sites (N-methyl/N-ethyl adjacent to an activating group) is 1. The maximum absolute atomic E-state index is 11.9. The minimum atomic E-state index is -0.00940. The molecule has 6 nitrogen and oxygen atoms in total. The first-order valence-corrected chi connectivity index (χ1v) is 8.98. The Morgan fingerprint density at radius 3 is 2.44 bits per heavy atom. The average molecular weight is 368 g/mol. The molecule has 0 heterocycles. The first-order valence-electron chi connectivity index (χ1n) is 8.98. The van der Waals surface area contributed by atoms with E-state index in [1.165, 1.54) is 5.56 Å². The van der Waals surface area contributed by atoms with Gasteiger partial charge in [0, 0.05) is 26.2 Å². The molecule has 0 aromatic heterocycles. The number of para-hydroxylation sites is 1. The monoisotopic (exact) mass is 368 g/mol. The summed E-state index contributed by atoms with van der Waals surface area (Å²) in [7, 11) is 5.12. The highest BCUT2D eigenvalue weighted by atomic mass is 16.5. The second-order valence-corrected chi connectivity index (χ2v) is 6.28. The van der Waals surface area contributed by atoms with Gasteiger partial charge in [0.15, 0.2) is 5.96 Å². The Labute approximate surface area is 161 Å². The van der Waals surface area contributed by atoms with Gasteiger partial charge in [-0.3, -0.25) is 4.79 Å². The van der Waals surface area contributed by atoms with Crippen LogP contribution in [0, 0.1) is 0 Å². The molecule has 2 N–H and O–H groups in total. The normalized spacial score (nSPS) is 11.0. The van der Waals surface area contributed by atoms with E-state index in [9.17, 15) is 4.79 Å². The van der Waals surface area contributed by atoms with Crippen LogP contribution < -0.4 is 15.4 Å². The number of amides is 1. The van der Waals surface area contributed by atoms with E-state index in [1.807, 2.05) is 42.5 Å². The Balaban J connectivity index is 2.00. The molecule has 0 aliphatic heterocycles. The van der Waals surface area contributed by atoms with Crippen molar-refractivity contribution >= 4 is 11.9 Å². The molecule has 0 aliphatic rings. The molecule has 0 unspecified atom stereocenters. The minimum Gasteiger partial charge on any atom is -0.496 e. The van der Waals surface area contributed by atoms with Crippen molar-refractivity contribution in [3.63, 3.8) is 0 Å². The molecular formula is C21H28N4O2. The summed E-state index contributed by atoms with van der Waals surface area (Å²) < 4.78 is 5.38. The van der Waals surface area contributed by atoms with Crippen LogP contribution in [0.2, 0.25) is 0 Å². The number of carbonyl (C=O) groups excluding carboxylic acids is 1. The third kappa shape index (κ3) is 7.01. The van der Waals surface area contributed by atoms with Gasteiger partial charge in [0.1, 0.15) is 5.75 Å². The highest BCUT2D eigenvalue weighted by Crippen LogP contribution is 2.17. The lowest BCUT2D eigenvalue weighted by Crippen LogP contribution is -2.43. The quantitative estimate of drug-likeness (QED) is 0.553. The van der Waals surface area contributed by atoms with Crippen molar-refractivity contribution in [1.82, 2.24) is 15.5 Å². The van der Waals surface area contributed by atoms with Gasteiger partial charge >= 0.3 is 0 Å². The number of hydrogen-bond donors (Lipinski definition) is 2. The predicted molar refractivity (Wildman–Crippen MR) is 109 cm³/mol. The number of benzene rings is 2. The molecule has 0 bridgehead atoms. The number of carbonyl (C=O) groups is 1. The van der Waals surface area contributed by atoms with E-state index in [0.29, 0.717) is 12.5 Å². The van der Waals surface area contributed by atoms with E-state index >= 15 is 0 Å². The van der Waals surface area contributed by atoms with Crippen molar-refractivity contribution in [1.29, 1.82) is 0 Å². The number of ether oxygens (including phenoxy) is 1. The molecule has 0 spiro atoms. The predicted octanol–water partition coefficient (Wildman–Crippen LogP) is 2.06. The first-order chi connectivity index (χ1) is 13.1. The topological polar surface area (TPSA) is 66.0 Å². The van der Waals surface area contributed by atoms with E-state index in [4.69, 9.17) is 4.74 Å². The molecule has 6 heteroatoms. The molecule has 2 rings (SSSR count). The lowest BCUT2D eigenvalue weighted by molar-refractivity contribution is -0.127. The SMILES string of the molecule is COc1ccccc1CN=C(NCCc1ccccc1)NCC(=O)N(C)C. The second kappa shape index (κ2) is 10.9. The largest absolute Gasteiger partial charge is 0.496 e. The fourth-order valence-corrected chi connectivity index (χ4v) is 2.46. The van der Waals surface area contributed by atoms with Crippen molar-refractivity contribution in [2.75, 3.05) is 34.3 Å². The summed E-state index contributed by atoms with van der Waals surface area (Å²) >= 11 is 0. The summed E-state index contributed by atoms with van der Waals surface area (Å²) in [6, 6.07) is 18.0. The van der Waals surface area contributed by atoms with Gasteiger partial charge in [-0.1, -0.05) is 48.5 Å². The molecule has 0 radical (unpaired) electrons. The van der Waals surface area contributed by atoms with Crippen molar-refractivity contribution in [3.8, 4) is 5.75 Å². The van der Waals surface area contributed by atoms with Gasteiger partial charge in [-0.25, -0.2) is 4.99 Å². The second-order valence-electron chi connectivity index (χ2n) is 6.28. The molecule has 1 amide bonds. The van der Waals surface area contributed by atoms with Gasteiger partial charge in [-0.05, 0) is 18.1 Å². The molecule has 0 fully saturated rings. The molecule has 0 saturated heterocycles. The Morgan fingerprint density at radius 1 is 1.04 bits per heavy atom. The van der Waals surface area contributed by atoms with Crippen LogP contribution >= 0.6 is 0 Å². The molecule has 2 aromatic carbocycles. The average Bonchev–Trinajstić information content (AvgIpc) is 2.70. The van der Waals surface area contributed by atoms with Gasteiger partial charge in [0.25, 0.3) is 0 Å².